The average Bonchev–Trinajstić information content (AvgIpc) is 2.87. The van der Waals surface area contributed by atoms with Crippen LogP contribution < -0.4 is 15.3 Å². The summed E-state index contributed by atoms with van der Waals surface area (Å²) in [5.41, 5.74) is 3.57. The number of carboxylic acid groups (broad SMARTS) is 3. The van der Waals surface area contributed by atoms with Gasteiger partial charge in [-0.25, -0.2) is 0 Å². The molecular weight excluding hydrogens is 579 g/mol. The fourth-order valence-electron chi connectivity index (χ4n) is 2.94. The van der Waals surface area contributed by atoms with Crippen molar-refractivity contribution in [3.63, 3.8) is 0 Å². The van der Waals surface area contributed by atoms with Crippen molar-refractivity contribution in [2.24, 2.45) is 0 Å². The number of carbonyl (C=O) groups is 3. The number of aromatic nitrogens is 2. The van der Waals surface area contributed by atoms with Gasteiger partial charge in [-0.3, -0.25) is 9.97 Å². The van der Waals surface area contributed by atoms with Crippen LogP contribution in [0.1, 0.15) is 20.8 Å². The second-order valence-corrected chi connectivity index (χ2v) is 7.69. The summed E-state index contributed by atoms with van der Waals surface area (Å²) in [6, 6.07) is 16.6. The van der Waals surface area contributed by atoms with E-state index in [4.69, 9.17) is 29.7 Å². The third-order valence-electron chi connectivity index (χ3n) is 4.44. The van der Waals surface area contributed by atoms with Crippen LogP contribution in [-0.2, 0) is 31.5 Å². The quantitative estimate of drug-likeness (QED) is 0.186. The first-order chi connectivity index (χ1) is 18.7. The van der Waals surface area contributed by atoms with Crippen LogP contribution in [0.4, 0.5) is 0 Å². The normalized spacial score (nSPS) is 9.15. The molecule has 0 fully saturated rings. The number of hydrogen-bond acceptors (Lipinski definition) is 12. The molecule has 2 aromatic heterocycles. The third-order valence-corrected chi connectivity index (χ3v) is 4.44. The predicted molar refractivity (Wildman–Crippen MR) is 137 cm³/mol. The zero-order valence-electron chi connectivity index (χ0n) is 21.9. The zero-order valence-corrected chi connectivity index (χ0v) is 23.1. The molecule has 2 heterocycles. The van der Waals surface area contributed by atoms with Crippen LogP contribution in [0.25, 0.3) is 33.6 Å². The maximum atomic E-state index is 9.99. The summed E-state index contributed by atoms with van der Waals surface area (Å²) in [6.07, 6.45) is 3.20. The van der Waals surface area contributed by atoms with Crippen LogP contribution in [0, 0.1) is 0 Å². The van der Waals surface area contributed by atoms with Crippen molar-refractivity contribution in [3.05, 3.63) is 73.1 Å². The summed E-state index contributed by atoms with van der Waals surface area (Å²) in [4.78, 5) is 35.4. The fourth-order valence-corrected chi connectivity index (χ4v) is 2.94. The average molecular weight is 604 g/mol. The van der Waals surface area contributed by atoms with Crippen molar-refractivity contribution in [3.8, 4) is 56.6 Å². The first-order valence-corrected chi connectivity index (χ1v) is 11.2. The molecular formula is C28H25MnN2O10. The van der Waals surface area contributed by atoms with Gasteiger partial charge in [-0.15, -0.1) is 0 Å². The van der Waals surface area contributed by atoms with Crippen LogP contribution in [0.3, 0.4) is 0 Å². The largest absolute Gasteiger partial charge is 3.00 e. The Morgan fingerprint density at radius 2 is 0.854 bits per heavy atom. The molecule has 0 atom stereocenters. The van der Waals surface area contributed by atoms with Crippen LogP contribution in [0.2, 0.25) is 0 Å². The summed E-state index contributed by atoms with van der Waals surface area (Å²) in [5.74, 6) is -4.00. The standard InChI is InChI=1S/C22H16N2O4.3C2H4O2.Mn/c25-19-5-1-3-15(21(19)27)13-7-9-17(23-11-13)18-10-8-14(12-24-18)16-4-2-6-20(26)22(16)28;3*1-2(3)4;/h1-12,25-28H;3*1H3,(H,3,4);/q;;;;+3/p-3. The van der Waals surface area contributed by atoms with E-state index in [9.17, 15) is 20.4 Å². The molecule has 0 amide bonds. The Morgan fingerprint density at radius 1 is 0.561 bits per heavy atom. The van der Waals surface area contributed by atoms with Gasteiger partial charge in [0, 0.05) is 52.6 Å². The number of para-hydroxylation sites is 2. The van der Waals surface area contributed by atoms with Crippen molar-refractivity contribution in [2.45, 2.75) is 20.8 Å². The third kappa shape index (κ3) is 12.5. The number of benzene rings is 2. The minimum atomic E-state index is -1.08. The molecule has 2 aromatic carbocycles. The van der Waals surface area contributed by atoms with E-state index in [-0.39, 0.29) is 40.1 Å². The van der Waals surface area contributed by atoms with Crippen molar-refractivity contribution in [2.75, 3.05) is 0 Å². The van der Waals surface area contributed by atoms with Crippen molar-refractivity contribution in [1.82, 2.24) is 9.97 Å². The first-order valence-electron chi connectivity index (χ1n) is 11.2. The van der Waals surface area contributed by atoms with Gasteiger partial charge in [0.2, 0.25) is 0 Å². The zero-order chi connectivity index (χ0) is 30.4. The van der Waals surface area contributed by atoms with Gasteiger partial charge >= 0.3 is 17.1 Å². The van der Waals surface area contributed by atoms with E-state index in [0.717, 1.165) is 20.8 Å². The molecule has 0 aliphatic heterocycles. The number of carbonyl (C=O) groups excluding carboxylic acids is 3. The number of phenols is 4. The van der Waals surface area contributed by atoms with E-state index in [2.05, 4.69) is 9.97 Å². The Labute approximate surface area is 245 Å². The molecule has 13 heteroatoms. The molecule has 4 N–H and O–H groups in total. The molecule has 0 aliphatic rings. The Morgan fingerprint density at radius 3 is 1.10 bits per heavy atom. The predicted octanol–water partition coefficient (Wildman–Crippen LogP) is 0.566. The van der Waals surface area contributed by atoms with Gasteiger partial charge in [0.1, 0.15) is 0 Å². The number of aliphatic carboxylic acids is 3. The van der Waals surface area contributed by atoms with Gasteiger partial charge in [0.05, 0.1) is 11.4 Å². The number of pyridine rings is 2. The topological polar surface area (TPSA) is 227 Å². The van der Waals surface area contributed by atoms with E-state index in [0.29, 0.717) is 33.6 Å². The van der Waals surface area contributed by atoms with E-state index < -0.39 is 17.9 Å². The molecule has 4 rings (SSSR count). The monoisotopic (exact) mass is 604 g/mol. The minimum Gasteiger partial charge on any atom is -0.550 e. The molecule has 0 saturated carbocycles. The molecule has 0 spiro atoms. The number of phenolic OH excluding ortho intramolecular Hbond substituents is 4. The van der Waals surface area contributed by atoms with Crippen LogP contribution in [0.15, 0.2) is 73.1 Å². The fraction of sp³-hybridized carbons (Fsp3) is 0.107. The molecule has 0 aliphatic carbocycles. The summed E-state index contributed by atoms with van der Waals surface area (Å²) in [6.45, 7) is 2.92. The number of carboxylic acids is 3. The number of rotatable bonds is 3. The van der Waals surface area contributed by atoms with Crippen LogP contribution >= 0.6 is 0 Å². The smallest absolute Gasteiger partial charge is 0.550 e. The minimum absolute atomic E-state index is 0. The van der Waals surface area contributed by atoms with Crippen LogP contribution in [-0.4, -0.2) is 48.3 Å². The second kappa shape index (κ2) is 17.5. The molecule has 12 nitrogen and oxygen atoms in total. The SMILES string of the molecule is CC(=O)[O-].CC(=O)[O-].CC(=O)[O-].Oc1cccc(-c2ccc(-c3ccc(-c4cccc(O)c4O)cn3)nc2)c1O.[Mn+3]. The van der Waals surface area contributed by atoms with Gasteiger partial charge < -0.3 is 50.1 Å². The number of hydrogen-bond donors (Lipinski definition) is 4. The molecule has 0 unspecified atom stereocenters. The number of nitrogens with zero attached hydrogens (tertiary/aromatic N) is 2. The molecule has 41 heavy (non-hydrogen) atoms. The second-order valence-electron chi connectivity index (χ2n) is 7.69. The molecule has 214 valence electrons. The summed E-state index contributed by atoms with van der Waals surface area (Å²) < 4.78 is 0. The van der Waals surface area contributed by atoms with E-state index >= 15 is 0 Å². The molecule has 0 saturated heterocycles. The Bertz CT molecular complexity index is 1310. The number of aromatic hydroxyl groups is 4. The van der Waals surface area contributed by atoms with E-state index in [1.54, 1.807) is 60.9 Å². The molecule has 0 bridgehead atoms. The van der Waals surface area contributed by atoms with Crippen molar-refractivity contribution in [1.29, 1.82) is 0 Å². The van der Waals surface area contributed by atoms with Gasteiger partial charge in [-0.1, -0.05) is 36.4 Å². The van der Waals surface area contributed by atoms with Crippen LogP contribution in [0.5, 0.6) is 23.0 Å². The molecule has 0 radical (unpaired) electrons. The Kier molecular flexibility index (Phi) is 15.3. The van der Waals surface area contributed by atoms with E-state index in [1.807, 2.05) is 0 Å². The Balaban J connectivity index is 0.00000105. The van der Waals surface area contributed by atoms with Gasteiger partial charge in [-0.2, -0.15) is 0 Å². The van der Waals surface area contributed by atoms with Gasteiger partial charge in [-0.05, 0) is 45.0 Å². The summed E-state index contributed by atoms with van der Waals surface area (Å²) in [7, 11) is 0. The summed E-state index contributed by atoms with van der Waals surface area (Å²) >= 11 is 0. The van der Waals surface area contributed by atoms with Gasteiger partial charge in [0.25, 0.3) is 0 Å². The van der Waals surface area contributed by atoms with Crippen molar-refractivity contribution < 1.29 is 67.2 Å². The maximum Gasteiger partial charge on any atom is 3.00 e. The van der Waals surface area contributed by atoms with Crippen molar-refractivity contribution >= 4 is 17.9 Å². The van der Waals surface area contributed by atoms with E-state index in [1.165, 1.54) is 12.1 Å². The molecule has 4 aromatic rings. The Hall–Kier alpha value is -5.13. The summed E-state index contributed by atoms with van der Waals surface area (Å²) in [5, 5.41) is 65.9. The first kappa shape index (κ1) is 35.9. The van der Waals surface area contributed by atoms with Gasteiger partial charge in [0.15, 0.2) is 23.0 Å². The maximum absolute atomic E-state index is 9.99.